The molecule has 7 nitrogen and oxygen atoms in total. The molecule has 2 fully saturated rings. The van der Waals surface area contributed by atoms with Gasteiger partial charge in [0.25, 0.3) is 5.91 Å². The number of hydrogen-bond acceptors (Lipinski definition) is 4. The van der Waals surface area contributed by atoms with E-state index >= 15 is 0 Å². The van der Waals surface area contributed by atoms with E-state index in [4.69, 9.17) is 0 Å². The van der Waals surface area contributed by atoms with Crippen molar-refractivity contribution in [2.75, 3.05) is 19.6 Å². The summed E-state index contributed by atoms with van der Waals surface area (Å²) in [7, 11) is -1.44. The van der Waals surface area contributed by atoms with Crippen LogP contribution in [0.15, 0.2) is 55.0 Å². The van der Waals surface area contributed by atoms with Gasteiger partial charge >= 0.3 is 0 Å². The molecule has 0 spiro atoms. The average molecular weight is 439 g/mol. The van der Waals surface area contributed by atoms with Crippen LogP contribution in [0.2, 0.25) is 0 Å². The predicted molar refractivity (Wildman–Crippen MR) is 119 cm³/mol. The summed E-state index contributed by atoms with van der Waals surface area (Å²) in [6.45, 7) is 1.95. The Balaban J connectivity index is 1.33. The average Bonchev–Trinajstić information content (AvgIpc) is 3.11. The molecule has 2 aromatic heterocycles. The second-order valence-electron chi connectivity index (χ2n) is 8.53. The number of aryl methyl sites for hydroxylation is 1. The van der Waals surface area contributed by atoms with Crippen molar-refractivity contribution >= 4 is 26.8 Å². The first kappa shape index (κ1) is 20.2. The molecule has 0 aliphatic carbocycles. The van der Waals surface area contributed by atoms with Crippen LogP contribution in [-0.4, -0.2) is 58.0 Å². The molecule has 2 aliphatic heterocycles. The smallest absolute Gasteiger partial charge is 0.256 e. The Kier molecular flexibility index (Phi) is 5.06. The fourth-order valence-corrected chi connectivity index (χ4v) is 7.25. The minimum Gasteiger partial charge on any atom is -0.350 e. The molecule has 8 heteroatoms. The van der Waals surface area contributed by atoms with Crippen LogP contribution in [-0.2, 0) is 23.6 Å². The van der Waals surface area contributed by atoms with Gasteiger partial charge in [0.1, 0.15) is 0 Å². The number of para-hydroxylation sites is 1. The van der Waals surface area contributed by atoms with E-state index in [-0.39, 0.29) is 11.8 Å². The van der Waals surface area contributed by atoms with Crippen molar-refractivity contribution in [3.63, 3.8) is 0 Å². The Hall–Kier alpha value is -2.71. The van der Waals surface area contributed by atoms with Crippen LogP contribution in [0.25, 0.3) is 10.9 Å². The molecule has 4 heterocycles. The van der Waals surface area contributed by atoms with Gasteiger partial charge in [-0.1, -0.05) is 18.2 Å². The summed E-state index contributed by atoms with van der Waals surface area (Å²) in [5, 5.41) is 0.523. The lowest BCUT2D eigenvalue weighted by molar-refractivity contribution is 0.0761. The molecule has 2 atom stereocenters. The van der Waals surface area contributed by atoms with Crippen LogP contribution in [0.3, 0.4) is 0 Å². The second kappa shape index (κ2) is 7.76. The van der Waals surface area contributed by atoms with Gasteiger partial charge < -0.3 is 9.47 Å². The molecule has 1 amide bonds. The van der Waals surface area contributed by atoms with Crippen molar-refractivity contribution in [3.05, 3.63) is 66.1 Å². The highest BCUT2D eigenvalue weighted by Gasteiger charge is 2.47. The summed E-state index contributed by atoms with van der Waals surface area (Å²) in [5.41, 5.74) is 2.65. The zero-order valence-electron chi connectivity index (χ0n) is 17.5. The van der Waals surface area contributed by atoms with Crippen LogP contribution in [0.1, 0.15) is 28.8 Å². The highest BCUT2D eigenvalue weighted by atomic mass is 32.2. The lowest BCUT2D eigenvalue weighted by atomic mass is 10.0. The summed E-state index contributed by atoms with van der Waals surface area (Å²) < 4.78 is 30.0. The Morgan fingerprint density at radius 2 is 1.84 bits per heavy atom. The lowest BCUT2D eigenvalue weighted by Crippen LogP contribution is -2.34. The topological polar surface area (TPSA) is 75.5 Å². The fraction of sp³-hybridized carbons (Fsp3) is 0.391. The monoisotopic (exact) mass is 438 g/mol. The van der Waals surface area contributed by atoms with Crippen molar-refractivity contribution in [2.24, 2.45) is 13.0 Å². The van der Waals surface area contributed by atoms with Gasteiger partial charge in [-0.2, -0.15) is 4.31 Å². The number of likely N-dealkylation sites (tertiary alicyclic amines) is 1. The molecule has 0 bridgehead atoms. The van der Waals surface area contributed by atoms with Crippen LogP contribution in [0.4, 0.5) is 0 Å². The van der Waals surface area contributed by atoms with E-state index in [1.807, 2.05) is 59.1 Å². The summed E-state index contributed by atoms with van der Waals surface area (Å²) in [6, 6.07) is 11.6. The van der Waals surface area contributed by atoms with E-state index in [1.54, 1.807) is 16.7 Å². The highest BCUT2D eigenvalue weighted by molar-refractivity contribution is 7.90. The quantitative estimate of drug-likeness (QED) is 0.630. The second-order valence-corrected chi connectivity index (χ2v) is 10.7. The fourth-order valence-electron chi connectivity index (χ4n) is 5.03. The number of sulfonamides is 1. The van der Waals surface area contributed by atoms with E-state index in [9.17, 15) is 13.2 Å². The number of benzene rings is 1. The van der Waals surface area contributed by atoms with E-state index in [1.165, 1.54) is 0 Å². The summed E-state index contributed by atoms with van der Waals surface area (Å²) >= 11 is 0. The maximum absolute atomic E-state index is 13.3. The molecule has 5 rings (SSSR count). The van der Waals surface area contributed by atoms with Crippen molar-refractivity contribution < 1.29 is 13.2 Å². The van der Waals surface area contributed by atoms with E-state index in [0.717, 1.165) is 16.5 Å². The molecule has 0 saturated carbocycles. The summed E-state index contributed by atoms with van der Waals surface area (Å²) in [5.74, 6) is 0.0416. The van der Waals surface area contributed by atoms with Gasteiger partial charge in [-0.3, -0.25) is 9.78 Å². The first-order chi connectivity index (χ1) is 14.9. The van der Waals surface area contributed by atoms with Gasteiger partial charge in [0.05, 0.1) is 10.8 Å². The number of amides is 1. The predicted octanol–water partition coefficient (Wildman–Crippen LogP) is 2.64. The maximum Gasteiger partial charge on any atom is 0.256 e. The van der Waals surface area contributed by atoms with Gasteiger partial charge in [0, 0.05) is 62.7 Å². The number of hydrogen-bond donors (Lipinski definition) is 0. The van der Waals surface area contributed by atoms with Crippen LogP contribution in [0.5, 0.6) is 0 Å². The summed E-state index contributed by atoms with van der Waals surface area (Å²) in [6.07, 6.45) is 6.44. The van der Waals surface area contributed by atoms with Crippen LogP contribution in [0, 0.1) is 5.92 Å². The number of aromatic nitrogens is 2. The van der Waals surface area contributed by atoms with E-state index < -0.39 is 15.3 Å². The third kappa shape index (κ3) is 3.53. The van der Waals surface area contributed by atoms with Gasteiger partial charge in [0.2, 0.25) is 10.0 Å². The molecule has 0 radical (unpaired) electrons. The zero-order valence-corrected chi connectivity index (χ0v) is 18.3. The van der Waals surface area contributed by atoms with Crippen LogP contribution >= 0.6 is 0 Å². The largest absolute Gasteiger partial charge is 0.350 e. The maximum atomic E-state index is 13.3. The Morgan fingerprint density at radius 3 is 2.65 bits per heavy atom. The van der Waals surface area contributed by atoms with E-state index in [2.05, 4.69) is 4.98 Å². The zero-order chi connectivity index (χ0) is 21.6. The number of rotatable bonds is 3. The molecule has 2 aliphatic rings. The number of pyridine rings is 1. The third-order valence-electron chi connectivity index (χ3n) is 6.68. The first-order valence-corrected chi connectivity index (χ1v) is 12.2. The molecule has 0 N–H and O–H groups in total. The van der Waals surface area contributed by atoms with Gasteiger partial charge in [0.15, 0.2) is 0 Å². The minimum atomic E-state index is -3.38. The Bertz CT molecular complexity index is 1220. The normalized spacial score (nSPS) is 23.6. The molecule has 0 unspecified atom stereocenters. The molecule has 31 heavy (non-hydrogen) atoms. The number of nitrogens with zero attached hydrogens (tertiary/aromatic N) is 4. The molecular formula is C23H26N4O3S. The molecule has 2 saturated heterocycles. The first-order valence-electron chi connectivity index (χ1n) is 10.7. The third-order valence-corrected chi connectivity index (χ3v) is 9.07. The highest BCUT2D eigenvalue weighted by Crippen LogP contribution is 2.35. The number of fused-ring (bicyclic) bond motifs is 2. The van der Waals surface area contributed by atoms with Crippen molar-refractivity contribution in [3.8, 4) is 0 Å². The number of carbonyl (C=O) groups is 1. The van der Waals surface area contributed by atoms with Crippen molar-refractivity contribution in [1.29, 1.82) is 0 Å². The summed E-state index contributed by atoms with van der Waals surface area (Å²) in [4.78, 5) is 19.2. The Labute approximate surface area is 182 Å². The minimum absolute atomic E-state index is 0.0113. The Morgan fingerprint density at radius 1 is 1.10 bits per heavy atom. The van der Waals surface area contributed by atoms with Crippen LogP contribution < -0.4 is 0 Å². The molecule has 162 valence electrons. The molecular weight excluding hydrogens is 412 g/mol. The molecule has 1 aromatic carbocycles. The van der Waals surface area contributed by atoms with Gasteiger partial charge in [-0.25, -0.2) is 8.42 Å². The van der Waals surface area contributed by atoms with E-state index in [0.29, 0.717) is 44.6 Å². The van der Waals surface area contributed by atoms with Crippen molar-refractivity contribution in [2.45, 2.75) is 24.6 Å². The van der Waals surface area contributed by atoms with Crippen molar-refractivity contribution in [1.82, 2.24) is 18.8 Å². The lowest BCUT2D eigenvalue weighted by Gasteiger charge is -2.22. The van der Waals surface area contributed by atoms with Gasteiger partial charge in [-0.05, 0) is 42.5 Å². The standard InChI is InChI=1S/C23H26N4O3S/c1-25-16-20(19-4-2-3-5-21(19)25)23(28)26-12-8-18-15-27(14-17-6-10-24-11-7-17)31(29,30)22(18)9-13-26/h2-7,10-11,16,18,22H,8-9,12-15H2,1H3/t18-,22-/m1/s1. The SMILES string of the molecule is Cn1cc(C(=O)N2CC[C@@H]3CN(Cc4ccncc4)S(=O)(=O)[C@@H]3CC2)c2ccccc21. The van der Waals surface area contributed by atoms with Gasteiger partial charge in [-0.15, -0.1) is 0 Å². The molecule has 3 aromatic rings. The number of carbonyl (C=O) groups excluding carboxylic acids is 1.